The highest BCUT2D eigenvalue weighted by Crippen LogP contribution is 2.19. The van der Waals surface area contributed by atoms with Crippen LogP contribution in [0.3, 0.4) is 0 Å². The first-order chi connectivity index (χ1) is 11.2. The summed E-state index contributed by atoms with van der Waals surface area (Å²) in [6, 6.07) is 17.6. The average Bonchev–Trinajstić information content (AvgIpc) is 2.57. The van der Waals surface area contributed by atoms with Gasteiger partial charge in [0, 0.05) is 23.5 Å². The number of hydrogen-bond acceptors (Lipinski definition) is 4. The number of nitrogens with zero attached hydrogens (tertiary/aromatic N) is 2. The van der Waals surface area contributed by atoms with Crippen LogP contribution in [0.5, 0.6) is 0 Å². The maximum Gasteiger partial charge on any atom is 0.229 e. The summed E-state index contributed by atoms with van der Waals surface area (Å²) in [7, 11) is 0. The fourth-order valence-corrected chi connectivity index (χ4v) is 2.38. The van der Waals surface area contributed by atoms with Crippen molar-refractivity contribution >= 4 is 29.1 Å². The quantitative estimate of drug-likeness (QED) is 0.708. The summed E-state index contributed by atoms with van der Waals surface area (Å²) in [5.41, 5.74) is 3.17. The van der Waals surface area contributed by atoms with Crippen molar-refractivity contribution in [2.45, 2.75) is 13.5 Å². The number of anilines is 3. The van der Waals surface area contributed by atoms with Crippen LogP contribution >= 0.6 is 11.6 Å². The topological polar surface area (TPSA) is 49.8 Å². The van der Waals surface area contributed by atoms with Gasteiger partial charge in [-0.15, -0.1) is 0 Å². The summed E-state index contributed by atoms with van der Waals surface area (Å²) in [5.74, 6) is 1.31. The fourth-order valence-electron chi connectivity index (χ4n) is 2.18. The fraction of sp³-hybridized carbons (Fsp3) is 0.111. The molecule has 5 heteroatoms. The predicted octanol–water partition coefficient (Wildman–Crippen LogP) is 4.79. The second-order valence-electron chi connectivity index (χ2n) is 5.15. The first-order valence-electron chi connectivity index (χ1n) is 7.35. The number of benzene rings is 2. The minimum absolute atomic E-state index is 0.559. The molecule has 0 fully saturated rings. The Morgan fingerprint density at radius 2 is 1.78 bits per heavy atom. The Labute approximate surface area is 140 Å². The van der Waals surface area contributed by atoms with Crippen LogP contribution in [0.1, 0.15) is 11.1 Å². The third-order valence-electron chi connectivity index (χ3n) is 3.46. The Balaban J connectivity index is 1.70. The molecule has 3 aromatic rings. The van der Waals surface area contributed by atoms with Crippen molar-refractivity contribution in [3.8, 4) is 0 Å². The van der Waals surface area contributed by atoms with Crippen LogP contribution in [0.25, 0.3) is 0 Å². The van der Waals surface area contributed by atoms with E-state index in [1.54, 1.807) is 6.20 Å². The van der Waals surface area contributed by atoms with Gasteiger partial charge in [0.05, 0.1) is 0 Å². The molecule has 0 saturated heterocycles. The number of para-hydroxylation sites is 1. The minimum Gasteiger partial charge on any atom is -0.366 e. The van der Waals surface area contributed by atoms with E-state index in [1.807, 2.05) is 61.5 Å². The standard InChI is InChI=1S/C18H17ClN4/c1-13-6-2-5-9-16(13)22-18-20-11-10-17(23-18)21-12-14-7-3-4-8-15(14)19/h2-11H,12H2,1H3,(H2,20,21,22,23). The van der Waals surface area contributed by atoms with E-state index in [1.165, 1.54) is 0 Å². The highest BCUT2D eigenvalue weighted by atomic mass is 35.5. The van der Waals surface area contributed by atoms with Crippen molar-refractivity contribution in [2.24, 2.45) is 0 Å². The van der Waals surface area contributed by atoms with E-state index in [4.69, 9.17) is 11.6 Å². The molecule has 0 spiro atoms. The molecule has 0 radical (unpaired) electrons. The Kier molecular flexibility index (Phi) is 4.74. The molecule has 0 aliphatic rings. The van der Waals surface area contributed by atoms with Gasteiger partial charge >= 0.3 is 0 Å². The molecule has 2 aromatic carbocycles. The smallest absolute Gasteiger partial charge is 0.229 e. The van der Waals surface area contributed by atoms with Crippen molar-refractivity contribution in [3.05, 3.63) is 76.9 Å². The monoisotopic (exact) mass is 324 g/mol. The molecule has 2 N–H and O–H groups in total. The summed E-state index contributed by atoms with van der Waals surface area (Å²) in [6.45, 7) is 2.66. The van der Waals surface area contributed by atoms with Gasteiger partial charge in [-0.2, -0.15) is 4.98 Å². The van der Waals surface area contributed by atoms with Crippen LogP contribution in [0.2, 0.25) is 5.02 Å². The zero-order valence-corrected chi connectivity index (χ0v) is 13.5. The minimum atomic E-state index is 0.559. The van der Waals surface area contributed by atoms with Crippen molar-refractivity contribution in [3.63, 3.8) is 0 Å². The van der Waals surface area contributed by atoms with Crippen LogP contribution < -0.4 is 10.6 Å². The number of hydrogen-bond donors (Lipinski definition) is 2. The molecule has 0 saturated carbocycles. The van der Waals surface area contributed by atoms with Crippen LogP contribution in [0, 0.1) is 6.92 Å². The van der Waals surface area contributed by atoms with E-state index in [9.17, 15) is 0 Å². The van der Waals surface area contributed by atoms with E-state index in [0.29, 0.717) is 12.5 Å². The second-order valence-corrected chi connectivity index (χ2v) is 5.56. The summed E-state index contributed by atoms with van der Waals surface area (Å²) >= 11 is 6.16. The van der Waals surface area contributed by atoms with E-state index in [-0.39, 0.29) is 0 Å². The van der Waals surface area contributed by atoms with Gasteiger partial charge in [0.15, 0.2) is 0 Å². The molecule has 0 aliphatic heterocycles. The van der Waals surface area contributed by atoms with E-state index in [2.05, 4.69) is 20.6 Å². The lowest BCUT2D eigenvalue weighted by molar-refractivity contribution is 1.08. The SMILES string of the molecule is Cc1ccccc1Nc1nccc(NCc2ccccc2Cl)n1. The van der Waals surface area contributed by atoms with Crippen LogP contribution in [-0.2, 0) is 6.54 Å². The first kappa shape index (κ1) is 15.3. The van der Waals surface area contributed by atoms with E-state index in [0.717, 1.165) is 27.7 Å². The normalized spacial score (nSPS) is 10.3. The lowest BCUT2D eigenvalue weighted by atomic mass is 10.2. The van der Waals surface area contributed by atoms with Crippen LogP contribution in [0.15, 0.2) is 60.8 Å². The van der Waals surface area contributed by atoms with E-state index >= 15 is 0 Å². The molecule has 1 aromatic heterocycles. The average molecular weight is 325 g/mol. The largest absolute Gasteiger partial charge is 0.366 e. The third-order valence-corrected chi connectivity index (χ3v) is 3.83. The number of aromatic nitrogens is 2. The molecule has 1 heterocycles. The maximum absolute atomic E-state index is 6.16. The van der Waals surface area contributed by atoms with Crippen molar-refractivity contribution in [1.82, 2.24) is 9.97 Å². The van der Waals surface area contributed by atoms with Crippen LogP contribution in [0.4, 0.5) is 17.5 Å². The van der Waals surface area contributed by atoms with Gasteiger partial charge in [0.25, 0.3) is 0 Å². The van der Waals surface area contributed by atoms with Gasteiger partial charge in [-0.3, -0.25) is 0 Å². The van der Waals surface area contributed by atoms with Gasteiger partial charge in [-0.25, -0.2) is 4.98 Å². The van der Waals surface area contributed by atoms with Gasteiger partial charge < -0.3 is 10.6 Å². The maximum atomic E-state index is 6.16. The summed E-state index contributed by atoms with van der Waals surface area (Å²) in [6.07, 6.45) is 1.72. The molecular weight excluding hydrogens is 308 g/mol. The van der Waals surface area contributed by atoms with Crippen molar-refractivity contribution < 1.29 is 0 Å². The lowest BCUT2D eigenvalue weighted by Gasteiger charge is -2.10. The Morgan fingerprint density at radius 3 is 2.61 bits per heavy atom. The van der Waals surface area contributed by atoms with Gasteiger partial charge in [-0.1, -0.05) is 48.0 Å². The van der Waals surface area contributed by atoms with Gasteiger partial charge in [-0.05, 0) is 36.2 Å². The van der Waals surface area contributed by atoms with Crippen molar-refractivity contribution in [1.29, 1.82) is 0 Å². The predicted molar refractivity (Wildman–Crippen MR) is 95.3 cm³/mol. The summed E-state index contributed by atoms with van der Waals surface area (Å²) < 4.78 is 0. The third kappa shape index (κ3) is 3.99. The molecule has 23 heavy (non-hydrogen) atoms. The Hall–Kier alpha value is -2.59. The molecule has 0 bridgehead atoms. The highest BCUT2D eigenvalue weighted by molar-refractivity contribution is 6.31. The Bertz CT molecular complexity index is 804. The van der Waals surface area contributed by atoms with Gasteiger partial charge in [0.1, 0.15) is 5.82 Å². The summed E-state index contributed by atoms with van der Waals surface area (Å²) in [5, 5.41) is 7.24. The molecule has 0 aliphatic carbocycles. The van der Waals surface area contributed by atoms with E-state index < -0.39 is 0 Å². The highest BCUT2D eigenvalue weighted by Gasteiger charge is 2.03. The molecule has 0 amide bonds. The number of nitrogens with one attached hydrogen (secondary N) is 2. The Morgan fingerprint density at radius 1 is 1.00 bits per heavy atom. The number of rotatable bonds is 5. The van der Waals surface area contributed by atoms with Crippen LogP contribution in [-0.4, -0.2) is 9.97 Å². The lowest BCUT2D eigenvalue weighted by Crippen LogP contribution is -2.05. The molecule has 0 atom stereocenters. The number of halogens is 1. The zero-order valence-electron chi connectivity index (χ0n) is 12.8. The molecule has 116 valence electrons. The first-order valence-corrected chi connectivity index (χ1v) is 7.73. The molecule has 4 nitrogen and oxygen atoms in total. The number of aryl methyl sites for hydroxylation is 1. The zero-order chi connectivity index (χ0) is 16.1. The summed E-state index contributed by atoms with van der Waals surface area (Å²) in [4.78, 5) is 8.74. The molecule has 3 rings (SSSR count). The second kappa shape index (κ2) is 7.11. The van der Waals surface area contributed by atoms with Crippen molar-refractivity contribution in [2.75, 3.05) is 10.6 Å². The van der Waals surface area contributed by atoms with Gasteiger partial charge in [0.2, 0.25) is 5.95 Å². The molecule has 0 unspecified atom stereocenters. The molecular formula is C18H17ClN4.